The van der Waals surface area contributed by atoms with Crippen LogP contribution < -0.4 is 15.2 Å². The number of nitrogen functional groups attached to an aromatic ring is 1. The van der Waals surface area contributed by atoms with E-state index in [2.05, 4.69) is 10.2 Å². The second kappa shape index (κ2) is 4.14. The molecular weight excluding hydrogens is 206 g/mol. The molecule has 0 bridgehead atoms. The van der Waals surface area contributed by atoms with Gasteiger partial charge in [-0.25, -0.2) is 0 Å². The predicted octanol–water partition coefficient (Wildman–Crippen LogP) is 1.68. The van der Waals surface area contributed by atoms with Crippen molar-refractivity contribution in [2.75, 3.05) is 20.0 Å². The minimum Gasteiger partial charge on any atom is -0.493 e. The van der Waals surface area contributed by atoms with Gasteiger partial charge in [0.15, 0.2) is 11.5 Å². The van der Waals surface area contributed by atoms with Crippen molar-refractivity contribution in [3.63, 3.8) is 0 Å². The summed E-state index contributed by atoms with van der Waals surface area (Å²) in [6, 6.07) is 7.38. The van der Waals surface area contributed by atoms with Gasteiger partial charge in [-0.3, -0.25) is 5.10 Å². The van der Waals surface area contributed by atoms with E-state index in [0.717, 1.165) is 11.3 Å². The van der Waals surface area contributed by atoms with Crippen LogP contribution in [0, 0.1) is 0 Å². The minimum absolute atomic E-state index is 0.463. The van der Waals surface area contributed by atoms with Gasteiger partial charge in [-0.2, -0.15) is 5.10 Å². The SMILES string of the molecule is COc1ccc(-c2cc(N)n[nH]2)cc1OC. The Balaban J connectivity index is 2.43. The first kappa shape index (κ1) is 10.4. The van der Waals surface area contributed by atoms with Gasteiger partial charge in [-0.1, -0.05) is 0 Å². The molecular formula is C11H13N3O2. The van der Waals surface area contributed by atoms with Gasteiger partial charge in [0.2, 0.25) is 0 Å². The normalized spacial score (nSPS) is 10.1. The Labute approximate surface area is 93.2 Å². The zero-order valence-corrected chi connectivity index (χ0v) is 9.15. The van der Waals surface area contributed by atoms with E-state index in [1.165, 1.54) is 0 Å². The summed E-state index contributed by atoms with van der Waals surface area (Å²) in [6.07, 6.45) is 0. The van der Waals surface area contributed by atoms with Crippen LogP contribution in [0.25, 0.3) is 11.3 Å². The maximum absolute atomic E-state index is 5.54. The van der Waals surface area contributed by atoms with Crippen LogP contribution >= 0.6 is 0 Å². The van der Waals surface area contributed by atoms with Crippen molar-refractivity contribution < 1.29 is 9.47 Å². The van der Waals surface area contributed by atoms with Crippen LogP contribution in [0.1, 0.15) is 0 Å². The quantitative estimate of drug-likeness (QED) is 0.823. The number of H-pyrrole nitrogens is 1. The number of nitrogens with one attached hydrogen (secondary N) is 1. The third-order valence-electron chi connectivity index (χ3n) is 2.29. The molecule has 84 valence electrons. The zero-order chi connectivity index (χ0) is 11.5. The van der Waals surface area contributed by atoms with E-state index < -0.39 is 0 Å². The monoisotopic (exact) mass is 219 g/mol. The van der Waals surface area contributed by atoms with Crippen molar-refractivity contribution in [2.45, 2.75) is 0 Å². The molecule has 1 aromatic heterocycles. The number of benzene rings is 1. The number of hydrogen-bond acceptors (Lipinski definition) is 4. The zero-order valence-electron chi connectivity index (χ0n) is 9.15. The first-order valence-corrected chi connectivity index (χ1v) is 4.78. The largest absolute Gasteiger partial charge is 0.493 e. The molecule has 0 saturated heterocycles. The van der Waals surface area contributed by atoms with Gasteiger partial charge in [-0.05, 0) is 18.2 Å². The van der Waals surface area contributed by atoms with E-state index >= 15 is 0 Å². The molecule has 1 aromatic carbocycles. The number of nitrogens with zero attached hydrogens (tertiary/aromatic N) is 1. The average Bonchev–Trinajstić information content (AvgIpc) is 2.75. The van der Waals surface area contributed by atoms with E-state index in [-0.39, 0.29) is 0 Å². The van der Waals surface area contributed by atoms with Crippen molar-refractivity contribution in [1.29, 1.82) is 0 Å². The standard InChI is InChI=1S/C11H13N3O2/c1-15-9-4-3-7(5-10(9)16-2)8-6-11(12)14-13-8/h3-6H,1-2H3,(H3,12,13,14). The number of aromatic amines is 1. The molecule has 0 fully saturated rings. The van der Waals surface area contributed by atoms with Crippen LogP contribution in [0.2, 0.25) is 0 Å². The number of nitrogens with two attached hydrogens (primary N) is 1. The molecule has 0 unspecified atom stereocenters. The van der Waals surface area contributed by atoms with E-state index in [1.807, 2.05) is 18.2 Å². The molecule has 0 atom stereocenters. The number of anilines is 1. The topological polar surface area (TPSA) is 73.2 Å². The summed E-state index contributed by atoms with van der Waals surface area (Å²) in [7, 11) is 3.20. The van der Waals surface area contributed by atoms with Crippen molar-refractivity contribution in [1.82, 2.24) is 10.2 Å². The highest BCUT2D eigenvalue weighted by atomic mass is 16.5. The van der Waals surface area contributed by atoms with Gasteiger partial charge >= 0.3 is 0 Å². The van der Waals surface area contributed by atoms with Gasteiger partial charge in [0.1, 0.15) is 5.82 Å². The second-order valence-electron chi connectivity index (χ2n) is 3.28. The summed E-state index contributed by atoms with van der Waals surface area (Å²) in [5, 5.41) is 6.71. The molecule has 1 heterocycles. The number of aromatic nitrogens is 2. The Morgan fingerprint density at radius 3 is 2.44 bits per heavy atom. The number of rotatable bonds is 3. The van der Waals surface area contributed by atoms with E-state index in [4.69, 9.17) is 15.2 Å². The van der Waals surface area contributed by atoms with E-state index in [0.29, 0.717) is 17.3 Å². The van der Waals surface area contributed by atoms with Gasteiger partial charge in [0.25, 0.3) is 0 Å². The molecule has 0 aliphatic carbocycles. The molecule has 0 aliphatic heterocycles. The van der Waals surface area contributed by atoms with Crippen molar-refractivity contribution in [3.8, 4) is 22.8 Å². The maximum atomic E-state index is 5.54. The highest BCUT2D eigenvalue weighted by molar-refractivity contribution is 5.65. The van der Waals surface area contributed by atoms with Gasteiger partial charge in [0.05, 0.1) is 19.9 Å². The fourth-order valence-electron chi connectivity index (χ4n) is 1.49. The molecule has 2 aromatic rings. The van der Waals surface area contributed by atoms with Crippen molar-refractivity contribution in [3.05, 3.63) is 24.3 Å². The lowest BCUT2D eigenvalue weighted by Gasteiger charge is -2.08. The number of ether oxygens (including phenoxy) is 2. The summed E-state index contributed by atoms with van der Waals surface area (Å²) in [5.74, 6) is 1.83. The molecule has 3 N–H and O–H groups in total. The van der Waals surface area contributed by atoms with Crippen LogP contribution in [0.3, 0.4) is 0 Å². The van der Waals surface area contributed by atoms with Crippen LogP contribution in [-0.2, 0) is 0 Å². The highest BCUT2D eigenvalue weighted by Gasteiger charge is 2.07. The Morgan fingerprint density at radius 1 is 1.12 bits per heavy atom. The van der Waals surface area contributed by atoms with E-state index in [9.17, 15) is 0 Å². The molecule has 5 nitrogen and oxygen atoms in total. The van der Waals surface area contributed by atoms with Crippen molar-refractivity contribution >= 4 is 5.82 Å². The molecule has 0 saturated carbocycles. The first-order valence-electron chi connectivity index (χ1n) is 4.78. The van der Waals surface area contributed by atoms with E-state index in [1.54, 1.807) is 20.3 Å². The lowest BCUT2D eigenvalue weighted by Crippen LogP contribution is -1.90. The van der Waals surface area contributed by atoms with Gasteiger partial charge in [-0.15, -0.1) is 0 Å². The molecule has 0 radical (unpaired) electrons. The molecule has 2 rings (SSSR count). The van der Waals surface area contributed by atoms with Gasteiger partial charge < -0.3 is 15.2 Å². The van der Waals surface area contributed by atoms with Gasteiger partial charge in [0, 0.05) is 11.6 Å². The molecule has 0 spiro atoms. The fraction of sp³-hybridized carbons (Fsp3) is 0.182. The Kier molecular flexibility index (Phi) is 2.68. The fourth-order valence-corrected chi connectivity index (χ4v) is 1.49. The highest BCUT2D eigenvalue weighted by Crippen LogP contribution is 2.31. The molecule has 0 amide bonds. The molecule has 16 heavy (non-hydrogen) atoms. The van der Waals surface area contributed by atoms with Crippen molar-refractivity contribution in [2.24, 2.45) is 0 Å². The Hall–Kier alpha value is -2.17. The summed E-state index contributed by atoms with van der Waals surface area (Å²) >= 11 is 0. The smallest absolute Gasteiger partial charge is 0.161 e. The number of hydrogen-bond donors (Lipinski definition) is 2. The minimum atomic E-state index is 0.463. The maximum Gasteiger partial charge on any atom is 0.161 e. The lowest BCUT2D eigenvalue weighted by molar-refractivity contribution is 0.355. The van der Waals surface area contributed by atoms with Crippen LogP contribution in [0.4, 0.5) is 5.82 Å². The summed E-state index contributed by atoms with van der Waals surface area (Å²) < 4.78 is 10.4. The third kappa shape index (κ3) is 1.79. The molecule has 5 heteroatoms. The van der Waals surface area contributed by atoms with Crippen LogP contribution in [-0.4, -0.2) is 24.4 Å². The Bertz CT molecular complexity index is 494. The lowest BCUT2D eigenvalue weighted by atomic mass is 10.1. The Morgan fingerprint density at radius 2 is 1.88 bits per heavy atom. The second-order valence-corrected chi connectivity index (χ2v) is 3.28. The summed E-state index contributed by atoms with van der Waals surface area (Å²) in [6.45, 7) is 0. The third-order valence-corrected chi connectivity index (χ3v) is 2.29. The average molecular weight is 219 g/mol. The van der Waals surface area contributed by atoms with Crippen LogP contribution in [0.5, 0.6) is 11.5 Å². The van der Waals surface area contributed by atoms with Crippen LogP contribution in [0.15, 0.2) is 24.3 Å². The molecule has 0 aliphatic rings. The number of methoxy groups -OCH3 is 2. The first-order chi connectivity index (χ1) is 7.74. The predicted molar refractivity (Wildman–Crippen MR) is 61.5 cm³/mol. The summed E-state index contributed by atoms with van der Waals surface area (Å²) in [5.41, 5.74) is 7.34. The summed E-state index contributed by atoms with van der Waals surface area (Å²) in [4.78, 5) is 0.